The zero-order chi connectivity index (χ0) is 14.6. The molecule has 1 aromatic carbocycles. The van der Waals surface area contributed by atoms with Crippen molar-refractivity contribution in [2.45, 2.75) is 26.0 Å². The summed E-state index contributed by atoms with van der Waals surface area (Å²) in [5.74, 6) is -0.307. The number of carbonyl (C=O) groups excluding carboxylic acids is 2. The van der Waals surface area contributed by atoms with Gasteiger partial charge >= 0.3 is 6.03 Å². The van der Waals surface area contributed by atoms with Gasteiger partial charge in [-0.2, -0.15) is 0 Å². The molecule has 1 unspecified atom stereocenters. The van der Waals surface area contributed by atoms with E-state index in [0.717, 1.165) is 5.56 Å². The maximum atomic E-state index is 11.4. The molecular formula is C12H16ClN3O3. The number of amides is 3. The summed E-state index contributed by atoms with van der Waals surface area (Å²) in [5.41, 5.74) is 11.4. The summed E-state index contributed by atoms with van der Waals surface area (Å²) in [6, 6.07) is 3.96. The lowest BCUT2D eigenvalue weighted by molar-refractivity contribution is -0.126. The second-order valence-electron chi connectivity index (χ2n) is 4.09. The molecule has 104 valence electrons. The average Bonchev–Trinajstić information content (AvgIpc) is 2.30. The maximum absolute atomic E-state index is 11.4. The smallest absolute Gasteiger partial charge is 0.318 e. The van der Waals surface area contributed by atoms with Crippen LogP contribution >= 0.6 is 11.6 Å². The lowest BCUT2D eigenvalue weighted by Gasteiger charge is -2.15. The van der Waals surface area contributed by atoms with E-state index in [4.69, 9.17) is 27.8 Å². The first-order valence-corrected chi connectivity index (χ1v) is 6.01. The molecule has 0 spiro atoms. The minimum Gasteiger partial charge on any atom is -0.479 e. The summed E-state index contributed by atoms with van der Waals surface area (Å²) >= 11 is 6.02. The van der Waals surface area contributed by atoms with Gasteiger partial charge in [-0.3, -0.25) is 10.1 Å². The fourth-order valence-electron chi connectivity index (χ4n) is 1.36. The molecule has 0 saturated heterocycles. The molecule has 0 heterocycles. The topological polar surface area (TPSA) is 107 Å². The molecule has 6 nitrogen and oxygen atoms in total. The van der Waals surface area contributed by atoms with Crippen LogP contribution in [0.1, 0.15) is 25.5 Å². The Hall–Kier alpha value is -1.79. The van der Waals surface area contributed by atoms with E-state index < -0.39 is 18.0 Å². The van der Waals surface area contributed by atoms with E-state index in [9.17, 15) is 9.59 Å². The molecule has 0 aliphatic heterocycles. The molecule has 0 saturated carbocycles. The SMILES string of the molecule is CC(Oc1ccc([C@H](C)N)cc1Cl)C(=O)NC(N)=O. The van der Waals surface area contributed by atoms with Crippen LogP contribution in [-0.4, -0.2) is 18.0 Å². The highest BCUT2D eigenvalue weighted by Gasteiger charge is 2.17. The zero-order valence-corrected chi connectivity index (χ0v) is 11.4. The van der Waals surface area contributed by atoms with Gasteiger partial charge in [-0.15, -0.1) is 0 Å². The Morgan fingerprint density at radius 3 is 2.47 bits per heavy atom. The van der Waals surface area contributed by atoms with Gasteiger partial charge in [0.1, 0.15) is 5.75 Å². The van der Waals surface area contributed by atoms with Crippen molar-refractivity contribution in [3.8, 4) is 5.75 Å². The van der Waals surface area contributed by atoms with Gasteiger partial charge < -0.3 is 16.2 Å². The quantitative estimate of drug-likeness (QED) is 0.775. The predicted octanol–water partition coefficient (Wildman–Crippen LogP) is 1.32. The van der Waals surface area contributed by atoms with Gasteiger partial charge in [-0.25, -0.2) is 4.79 Å². The van der Waals surface area contributed by atoms with E-state index in [2.05, 4.69) is 0 Å². The van der Waals surface area contributed by atoms with Gasteiger partial charge in [0.25, 0.3) is 5.91 Å². The molecule has 3 amide bonds. The standard InChI is InChI=1S/C12H16ClN3O3/c1-6(14)8-3-4-10(9(13)5-8)19-7(2)11(17)16-12(15)18/h3-7H,14H2,1-2H3,(H3,15,16,17,18)/t6-,7?/m0/s1. The Morgan fingerprint density at radius 1 is 1.37 bits per heavy atom. The number of primary amides is 1. The Labute approximate surface area is 116 Å². The number of nitrogens with one attached hydrogen (secondary N) is 1. The van der Waals surface area contributed by atoms with Gasteiger partial charge in [0.05, 0.1) is 5.02 Å². The van der Waals surface area contributed by atoms with E-state index >= 15 is 0 Å². The minimum atomic E-state index is -0.932. The number of benzene rings is 1. The van der Waals surface area contributed by atoms with Crippen molar-refractivity contribution in [3.05, 3.63) is 28.8 Å². The minimum absolute atomic E-state index is 0.151. The molecule has 0 aromatic heterocycles. The predicted molar refractivity (Wildman–Crippen MR) is 71.9 cm³/mol. The summed E-state index contributed by atoms with van der Waals surface area (Å²) < 4.78 is 5.35. The molecule has 0 bridgehead atoms. The Bertz CT molecular complexity index is 491. The summed E-state index contributed by atoms with van der Waals surface area (Å²) in [7, 11) is 0. The van der Waals surface area contributed by atoms with Gasteiger partial charge in [-0.1, -0.05) is 17.7 Å². The van der Waals surface area contributed by atoms with E-state index in [-0.39, 0.29) is 6.04 Å². The molecule has 1 aromatic rings. The van der Waals surface area contributed by atoms with Crippen molar-refractivity contribution in [2.24, 2.45) is 11.5 Å². The monoisotopic (exact) mass is 285 g/mol. The third kappa shape index (κ3) is 4.42. The highest BCUT2D eigenvalue weighted by Crippen LogP contribution is 2.28. The first-order chi connectivity index (χ1) is 8.81. The number of hydrogen-bond donors (Lipinski definition) is 3. The maximum Gasteiger partial charge on any atom is 0.318 e. The van der Waals surface area contributed by atoms with Crippen molar-refractivity contribution >= 4 is 23.5 Å². The third-order valence-electron chi connectivity index (χ3n) is 2.40. The van der Waals surface area contributed by atoms with Crippen LogP contribution in [0.5, 0.6) is 5.75 Å². The van der Waals surface area contributed by atoms with E-state index in [0.29, 0.717) is 10.8 Å². The number of urea groups is 1. The summed E-state index contributed by atoms with van der Waals surface area (Å²) in [4.78, 5) is 22.0. The molecule has 0 aliphatic carbocycles. The van der Waals surface area contributed by atoms with Crippen molar-refractivity contribution < 1.29 is 14.3 Å². The second kappa shape index (κ2) is 6.40. The molecule has 2 atom stereocenters. The number of hydrogen-bond acceptors (Lipinski definition) is 4. The fraction of sp³-hybridized carbons (Fsp3) is 0.333. The van der Waals surface area contributed by atoms with Crippen molar-refractivity contribution in [1.29, 1.82) is 0 Å². The Balaban J connectivity index is 2.77. The van der Waals surface area contributed by atoms with Crippen LogP contribution in [-0.2, 0) is 4.79 Å². The summed E-state index contributed by atoms with van der Waals surface area (Å²) in [5, 5.41) is 2.26. The molecule has 0 radical (unpaired) electrons. The third-order valence-corrected chi connectivity index (χ3v) is 2.70. The normalized spacial score (nSPS) is 13.5. The van der Waals surface area contributed by atoms with Crippen LogP contribution in [0.15, 0.2) is 18.2 Å². The first-order valence-electron chi connectivity index (χ1n) is 5.63. The van der Waals surface area contributed by atoms with Gasteiger partial charge in [0.2, 0.25) is 0 Å². The number of imide groups is 1. The molecule has 0 aliphatic rings. The molecule has 5 N–H and O–H groups in total. The number of nitrogens with two attached hydrogens (primary N) is 2. The van der Waals surface area contributed by atoms with Crippen LogP contribution in [0, 0.1) is 0 Å². The van der Waals surface area contributed by atoms with E-state index in [1.807, 2.05) is 12.2 Å². The molecule has 0 fully saturated rings. The van der Waals surface area contributed by atoms with Crippen LogP contribution < -0.4 is 21.5 Å². The number of halogens is 1. The number of rotatable bonds is 4. The van der Waals surface area contributed by atoms with Crippen LogP contribution in [0.4, 0.5) is 4.79 Å². The van der Waals surface area contributed by atoms with Gasteiger partial charge in [0.15, 0.2) is 6.10 Å². The van der Waals surface area contributed by atoms with Gasteiger partial charge in [0, 0.05) is 6.04 Å². The van der Waals surface area contributed by atoms with Crippen LogP contribution in [0.3, 0.4) is 0 Å². The highest BCUT2D eigenvalue weighted by molar-refractivity contribution is 6.32. The first kappa shape index (κ1) is 15.3. The summed E-state index contributed by atoms with van der Waals surface area (Å²) in [6.07, 6.45) is -0.897. The largest absolute Gasteiger partial charge is 0.479 e. The Kier molecular flexibility index (Phi) is 5.14. The Morgan fingerprint density at radius 2 is 2.00 bits per heavy atom. The molecular weight excluding hydrogens is 270 g/mol. The van der Waals surface area contributed by atoms with E-state index in [1.54, 1.807) is 18.2 Å². The highest BCUT2D eigenvalue weighted by atomic mass is 35.5. The second-order valence-corrected chi connectivity index (χ2v) is 4.50. The lowest BCUT2D eigenvalue weighted by Crippen LogP contribution is -2.42. The zero-order valence-electron chi connectivity index (χ0n) is 10.6. The summed E-state index contributed by atoms with van der Waals surface area (Å²) in [6.45, 7) is 3.31. The number of ether oxygens (including phenoxy) is 1. The molecule has 19 heavy (non-hydrogen) atoms. The number of carbonyl (C=O) groups is 2. The molecule has 7 heteroatoms. The van der Waals surface area contributed by atoms with E-state index in [1.165, 1.54) is 6.92 Å². The van der Waals surface area contributed by atoms with Crippen LogP contribution in [0.25, 0.3) is 0 Å². The lowest BCUT2D eigenvalue weighted by atomic mass is 10.1. The average molecular weight is 286 g/mol. The fourth-order valence-corrected chi connectivity index (χ4v) is 1.60. The van der Waals surface area contributed by atoms with Crippen LogP contribution in [0.2, 0.25) is 5.02 Å². The van der Waals surface area contributed by atoms with Crippen molar-refractivity contribution in [2.75, 3.05) is 0 Å². The van der Waals surface area contributed by atoms with Crippen molar-refractivity contribution in [3.63, 3.8) is 0 Å². The van der Waals surface area contributed by atoms with Gasteiger partial charge in [-0.05, 0) is 31.5 Å². The van der Waals surface area contributed by atoms with Crippen molar-refractivity contribution in [1.82, 2.24) is 5.32 Å². The molecule has 1 rings (SSSR count).